The van der Waals surface area contributed by atoms with E-state index in [1.165, 1.54) is 19.3 Å². The lowest BCUT2D eigenvalue weighted by atomic mass is 10.0. The Labute approximate surface area is 137 Å². The molecular formula is C17H16F2N2O3. The number of aromatic nitrogens is 1. The van der Waals surface area contributed by atoms with Crippen LogP contribution in [0.25, 0.3) is 0 Å². The van der Waals surface area contributed by atoms with Crippen LogP contribution in [0, 0.1) is 18.6 Å². The van der Waals surface area contributed by atoms with E-state index in [-0.39, 0.29) is 11.1 Å². The molecule has 2 aromatic rings. The average molecular weight is 334 g/mol. The summed E-state index contributed by atoms with van der Waals surface area (Å²) in [5, 5.41) is 0. The first-order chi connectivity index (χ1) is 11.3. The van der Waals surface area contributed by atoms with E-state index in [1.807, 2.05) is 0 Å². The van der Waals surface area contributed by atoms with Crippen molar-refractivity contribution < 1.29 is 23.1 Å². The van der Waals surface area contributed by atoms with Crippen molar-refractivity contribution in [3.63, 3.8) is 0 Å². The molecule has 0 radical (unpaired) electrons. The highest BCUT2D eigenvalue weighted by Gasteiger charge is 2.32. The number of hydrogen-bond acceptors (Lipinski definition) is 4. The molecule has 0 aliphatic carbocycles. The molecule has 0 saturated heterocycles. The molecule has 0 bridgehead atoms. The minimum atomic E-state index is -1.42. The summed E-state index contributed by atoms with van der Waals surface area (Å²) in [5.41, 5.74) is 0.654. The predicted molar refractivity (Wildman–Crippen MR) is 82.2 cm³/mol. The predicted octanol–water partition coefficient (Wildman–Crippen LogP) is 2.65. The summed E-state index contributed by atoms with van der Waals surface area (Å²) in [6.07, 6.45) is 1.35. The molecule has 1 aromatic heterocycles. The van der Waals surface area contributed by atoms with Gasteiger partial charge in [0, 0.05) is 24.5 Å². The molecule has 5 nitrogen and oxygen atoms in total. The van der Waals surface area contributed by atoms with Crippen molar-refractivity contribution >= 4 is 11.9 Å². The standard InChI is InChI=1S/C17H16F2N2O3/c1-10-4-5-11(9-20-10)16(22)21(2)15(17(23)24-3)13-8-12(18)6-7-14(13)19/h4-9,15H,1-3H3/t15-/m1/s1. The first kappa shape index (κ1) is 17.5. The molecule has 0 N–H and O–H groups in total. The van der Waals surface area contributed by atoms with Crippen LogP contribution in [0.4, 0.5) is 8.78 Å². The normalized spacial score (nSPS) is 11.7. The Morgan fingerprint density at radius 2 is 1.92 bits per heavy atom. The number of halogens is 2. The van der Waals surface area contributed by atoms with E-state index in [0.717, 1.165) is 35.9 Å². The molecule has 0 fully saturated rings. The van der Waals surface area contributed by atoms with E-state index in [4.69, 9.17) is 0 Å². The van der Waals surface area contributed by atoms with Gasteiger partial charge >= 0.3 is 5.97 Å². The number of amides is 1. The van der Waals surface area contributed by atoms with Crippen LogP contribution in [0.3, 0.4) is 0 Å². The van der Waals surface area contributed by atoms with Gasteiger partial charge in [-0.25, -0.2) is 13.6 Å². The summed E-state index contributed by atoms with van der Waals surface area (Å²) in [5.74, 6) is -2.98. The van der Waals surface area contributed by atoms with Gasteiger partial charge in [-0.05, 0) is 37.3 Å². The first-order valence-electron chi connectivity index (χ1n) is 7.07. The third kappa shape index (κ3) is 3.56. The molecular weight excluding hydrogens is 318 g/mol. The zero-order chi connectivity index (χ0) is 17.9. The number of hydrogen-bond donors (Lipinski definition) is 0. The van der Waals surface area contributed by atoms with Crippen LogP contribution >= 0.6 is 0 Å². The number of esters is 1. The highest BCUT2D eigenvalue weighted by atomic mass is 19.1. The van der Waals surface area contributed by atoms with E-state index in [1.54, 1.807) is 13.0 Å². The van der Waals surface area contributed by atoms with Crippen molar-refractivity contribution in [3.8, 4) is 0 Å². The Morgan fingerprint density at radius 1 is 1.21 bits per heavy atom. The third-order valence-corrected chi connectivity index (χ3v) is 3.54. The summed E-state index contributed by atoms with van der Waals surface area (Å²) in [7, 11) is 2.42. The minimum Gasteiger partial charge on any atom is -0.467 e. The van der Waals surface area contributed by atoms with Crippen molar-refractivity contribution in [1.82, 2.24) is 9.88 Å². The van der Waals surface area contributed by atoms with Gasteiger partial charge in [0.2, 0.25) is 0 Å². The van der Waals surface area contributed by atoms with Crippen LogP contribution in [0.15, 0.2) is 36.5 Å². The number of carbonyl (C=O) groups excluding carboxylic acids is 2. The van der Waals surface area contributed by atoms with Gasteiger partial charge < -0.3 is 9.64 Å². The lowest BCUT2D eigenvalue weighted by Gasteiger charge is -2.26. The van der Waals surface area contributed by atoms with Crippen molar-refractivity contribution in [3.05, 3.63) is 65.0 Å². The first-order valence-corrected chi connectivity index (χ1v) is 7.07. The number of nitrogens with zero attached hydrogens (tertiary/aromatic N) is 2. The Morgan fingerprint density at radius 3 is 2.50 bits per heavy atom. The molecule has 2 rings (SSSR count). The number of benzene rings is 1. The van der Waals surface area contributed by atoms with E-state index < -0.39 is 29.6 Å². The molecule has 1 amide bonds. The molecule has 1 heterocycles. The molecule has 24 heavy (non-hydrogen) atoms. The molecule has 0 unspecified atom stereocenters. The Hall–Kier alpha value is -2.83. The second kappa shape index (κ2) is 7.16. The quantitative estimate of drug-likeness (QED) is 0.807. The van der Waals surface area contributed by atoms with Crippen molar-refractivity contribution in [2.24, 2.45) is 0 Å². The Balaban J connectivity index is 2.44. The van der Waals surface area contributed by atoms with Crippen molar-refractivity contribution in [1.29, 1.82) is 0 Å². The zero-order valence-corrected chi connectivity index (χ0v) is 13.4. The molecule has 126 valence electrons. The summed E-state index contributed by atoms with van der Waals surface area (Å²) < 4.78 is 32.2. The SMILES string of the molecule is COC(=O)[C@@H](c1cc(F)ccc1F)N(C)C(=O)c1ccc(C)nc1. The van der Waals surface area contributed by atoms with Crippen molar-refractivity contribution in [2.45, 2.75) is 13.0 Å². The maximum atomic E-state index is 14.1. The van der Waals surface area contributed by atoms with Gasteiger partial charge in [0.15, 0.2) is 6.04 Å². The molecule has 0 aliphatic rings. The number of likely N-dealkylation sites (N-methyl/N-ethyl adjacent to an activating group) is 1. The van der Waals surface area contributed by atoms with E-state index in [0.29, 0.717) is 0 Å². The number of aryl methyl sites for hydroxylation is 1. The van der Waals surface area contributed by atoms with Gasteiger partial charge in [-0.1, -0.05) is 0 Å². The smallest absolute Gasteiger partial charge is 0.333 e. The van der Waals surface area contributed by atoms with Gasteiger partial charge in [-0.15, -0.1) is 0 Å². The summed E-state index contributed by atoms with van der Waals surface area (Å²) in [4.78, 5) is 29.6. The Kier molecular flexibility index (Phi) is 5.23. The van der Waals surface area contributed by atoms with Gasteiger partial charge in [0.1, 0.15) is 11.6 Å². The third-order valence-electron chi connectivity index (χ3n) is 3.54. The topological polar surface area (TPSA) is 59.5 Å². The summed E-state index contributed by atoms with van der Waals surface area (Å²) in [6.45, 7) is 1.76. The van der Waals surface area contributed by atoms with Crippen LogP contribution in [-0.4, -0.2) is 35.9 Å². The largest absolute Gasteiger partial charge is 0.467 e. The van der Waals surface area contributed by atoms with Crippen LogP contribution < -0.4 is 0 Å². The second-order valence-corrected chi connectivity index (χ2v) is 5.20. The van der Waals surface area contributed by atoms with Crippen LogP contribution in [0.5, 0.6) is 0 Å². The van der Waals surface area contributed by atoms with Crippen molar-refractivity contribution in [2.75, 3.05) is 14.2 Å². The highest BCUT2D eigenvalue weighted by molar-refractivity contribution is 5.96. The van der Waals surface area contributed by atoms with E-state index >= 15 is 0 Å². The fourth-order valence-electron chi connectivity index (χ4n) is 2.24. The van der Waals surface area contributed by atoms with Gasteiger partial charge in [-0.3, -0.25) is 9.78 Å². The van der Waals surface area contributed by atoms with Gasteiger partial charge in [-0.2, -0.15) is 0 Å². The zero-order valence-electron chi connectivity index (χ0n) is 13.4. The maximum absolute atomic E-state index is 14.1. The fourth-order valence-corrected chi connectivity index (χ4v) is 2.24. The molecule has 1 atom stereocenters. The van der Waals surface area contributed by atoms with Crippen LogP contribution in [-0.2, 0) is 9.53 Å². The molecule has 0 saturated carbocycles. The molecule has 0 aliphatic heterocycles. The van der Waals surface area contributed by atoms with Crippen LogP contribution in [0.1, 0.15) is 27.7 Å². The molecule has 0 spiro atoms. The minimum absolute atomic E-state index is 0.216. The second-order valence-electron chi connectivity index (χ2n) is 5.20. The van der Waals surface area contributed by atoms with Gasteiger partial charge in [0.05, 0.1) is 12.7 Å². The summed E-state index contributed by atoms with van der Waals surface area (Å²) in [6, 6.07) is 4.45. The molecule has 1 aromatic carbocycles. The molecule has 7 heteroatoms. The lowest BCUT2D eigenvalue weighted by Crippen LogP contribution is -2.37. The van der Waals surface area contributed by atoms with E-state index in [2.05, 4.69) is 9.72 Å². The number of carbonyl (C=O) groups is 2. The maximum Gasteiger partial charge on any atom is 0.333 e. The highest BCUT2D eigenvalue weighted by Crippen LogP contribution is 2.26. The van der Waals surface area contributed by atoms with E-state index in [9.17, 15) is 18.4 Å². The monoisotopic (exact) mass is 334 g/mol. The number of ether oxygens (including phenoxy) is 1. The van der Waals surface area contributed by atoms with Crippen LogP contribution in [0.2, 0.25) is 0 Å². The number of rotatable bonds is 4. The summed E-state index contributed by atoms with van der Waals surface area (Å²) >= 11 is 0. The van der Waals surface area contributed by atoms with Gasteiger partial charge in [0.25, 0.3) is 5.91 Å². The fraction of sp³-hybridized carbons (Fsp3) is 0.235. The number of pyridine rings is 1. The average Bonchev–Trinajstić information content (AvgIpc) is 2.57. The lowest BCUT2D eigenvalue weighted by molar-refractivity contribution is -0.146. The number of methoxy groups -OCH3 is 1. The Bertz CT molecular complexity index is 763.